The lowest BCUT2D eigenvalue weighted by Gasteiger charge is -2.11. The van der Waals surface area contributed by atoms with Crippen LogP contribution in [-0.2, 0) is 17.8 Å². The van der Waals surface area contributed by atoms with Gasteiger partial charge >= 0.3 is 0 Å². The van der Waals surface area contributed by atoms with E-state index in [-0.39, 0.29) is 17.2 Å². The Balaban J connectivity index is 1.63. The van der Waals surface area contributed by atoms with E-state index in [9.17, 15) is 14.7 Å². The fourth-order valence-corrected chi connectivity index (χ4v) is 3.34. The van der Waals surface area contributed by atoms with Gasteiger partial charge in [-0.1, -0.05) is 18.2 Å². The van der Waals surface area contributed by atoms with Crippen LogP contribution in [0.25, 0.3) is 11.0 Å². The summed E-state index contributed by atoms with van der Waals surface area (Å²) in [5.74, 6) is -0.623. The van der Waals surface area contributed by atoms with Crippen LogP contribution in [0.2, 0.25) is 0 Å². The van der Waals surface area contributed by atoms with E-state index in [0.29, 0.717) is 24.6 Å². The van der Waals surface area contributed by atoms with Gasteiger partial charge in [0.05, 0.1) is 16.6 Å². The summed E-state index contributed by atoms with van der Waals surface area (Å²) in [6, 6.07) is 17.7. The van der Waals surface area contributed by atoms with Crippen molar-refractivity contribution in [3.8, 4) is 5.75 Å². The molecule has 0 saturated carbocycles. The highest BCUT2D eigenvalue weighted by Gasteiger charge is 2.17. The minimum Gasteiger partial charge on any atom is -0.507 e. The SMILES string of the molecule is CC(=O)Nc1ccc(O)c(C(=O)Nc2nc3ccccc3n2CCc2ccccn2)c1. The molecule has 0 spiro atoms. The van der Waals surface area contributed by atoms with Crippen molar-refractivity contribution >= 4 is 34.5 Å². The molecule has 4 aromatic rings. The second-order valence-corrected chi connectivity index (χ2v) is 7.01. The first kappa shape index (κ1) is 20.1. The fraction of sp³-hybridized carbons (Fsp3) is 0.130. The van der Waals surface area contributed by atoms with Gasteiger partial charge in [-0.05, 0) is 42.5 Å². The zero-order valence-corrected chi connectivity index (χ0v) is 16.9. The fourth-order valence-electron chi connectivity index (χ4n) is 3.34. The Morgan fingerprint density at radius 3 is 2.61 bits per heavy atom. The largest absolute Gasteiger partial charge is 0.507 e. The van der Waals surface area contributed by atoms with Crippen LogP contribution in [0.3, 0.4) is 0 Å². The highest BCUT2D eigenvalue weighted by molar-refractivity contribution is 6.07. The number of para-hydroxylation sites is 2. The van der Waals surface area contributed by atoms with Gasteiger partial charge in [0.15, 0.2) is 0 Å². The molecule has 0 fully saturated rings. The number of anilines is 2. The predicted octanol–water partition coefficient (Wildman–Crippen LogP) is 3.59. The molecule has 0 aliphatic heterocycles. The van der Waals surface area contributed by atoms with Gasteiger partial charge in [0, 0.05) is 37.5 Å². The summed E-state index contributed by atoms with van der Waals surface area (Å²) in [5.41, 5.74) is 3.01. The minimum absolute atomic E-state index is 0.0367. The minimum atomic E-state index is -0.529. The number of rotatable bonds is 6. The van der Waals surface area contributed by atoms with Crippen LogP contribution in [0.5, 0.6) is 5.75 Å². The number of carbonyl (C=O) groups is 2. The van der Waals surface area contributed by atoms with Crippen molar-refractivity contribution in [2.75, 3.05) is 10.6 Å². The predicted molar refractivity (Wildman–Crippen MR) is 118 cm³/mol. The molecule has 4 rings (SSSR count). The molecule has 156 valence electrons. The average Bonchev–Trinajstić information content (AvgIpc) is 3.10. The van der Waals surface area contributed by atoms with Crippen molar-refractivity contribution in [3.05, 3.63) is 78.1 Å². The molecular formula is C23H21N5O3. The topological polar surface area (TPSA) is 109 Å². The maximum Gasteiger partial charge on any atom is 0.261 e. The second-order valence-electron chi connectivity index (χ2n) is 7.01. The number of nitrogens with zero attached hydrogens (tertiary/aromatic N) is 3. The molecule has 2 heterocycles. The number of pyridine rings is 1. The van der Waals surface area contributed by atoms with Crippen LogP contribution < -0.4 is 10.6 Å². The number of nitrogens with one attached hydrogen (secondary N) is 2. The Hall–Kier alpha value is -4.20. The number of carbonyl (C=O) groups excluding carboxylic acids is 2. The standard InChI is InChI=1S/C23H21N5O3/c1-15(29)25-17-9-10-21(30)18(14-17)22(31)27-23-26-19-7-2-3-8-20(19)28(23)13-11-16-6-4-5-12-24-16/h2-10,12,14,30H,11,13H2,1H3,(H,25,29)(H,26,27,31). The summed E-state index contributed by atoms with van der Waals surface area (Å²) < 4.78 is 1.91. The molecule has 0 saturated heterocycles. The monoisotopic (exact) mass is 415 g/mol. The first-order valence-corrected chi connectivity index (χ1v) is 9.78. The van der Waals surface area contributed by atoms with Gasteiger partial charge in [0.2, 0.25) is 11.9 Å². The van der Waals surface area contributed by atoms with E-state index in [0.717, 1.165) is 16.7 Å². The van der Waals surface area contributed by atoms with Gasteiger partial charge in [-0.3, -0.25) is 19.9 Å². The average molecular weight is 415 g/mol. The van der Waals surface area contributed by atoms with Crippen LogP contribution >= 0.6 is 0 Å². The number of hydrogen-bond donors (Lipinski definition) is 3. The number of phenolic OH excluding ortho intramolecular Hbond substituents is 1. The van der Waals surface area contributed by atoms with Gasteiger partial charge in [-0.2, -0.15) is 0 Å². The van der Waals surface area contributed by atoms with Crippen LogP contribution in [0, 0.1) is 0 Å². The van der Waals surface area contributed by atoms with Crippen molar-refractivity contribution in [3.63, 3.8) is 0 Å². The van der Waals surface area contributed by atoms with Gasteiger partial charge in [-0.25, -0.2) is 4.98 Å². The lowest BCUT2D eigenvalue weighted by molar-refractivity contribution is -0.114. The van der Waals surface area contributed by atoms with E-state index >= 15 is 0 Å². The van der Waals surface area contributed by atoms with E-state index < -0.39 is 5.91 Å². The number of aromatic hydroxyl groups is 1. The Labute approximate surface area is 178 Å². The van der Waals surface area contributed by atoms with Crippen molar-refractivity contribution in [2.24, 2.45) is 0 Å². The van der Waals surface area contributed by atoms with Crippen LogP contribution in [0.1, 0.15) is 23.0 Å². The molecule has 31 heavy (non-hydrogen) atoms. The second kappa shape index (κ2) is 8.66. The van der Waals surface area contributed by atoms with Gasteiger partial charge in [0.1, 0.15) is 5.75 Å². The molecule has 2 aromatic heterocycles. The van der Waals surface area contributed by atoms with E-state index in [1.54, 1.807) is 6.20 Å². The van der Waals surface area contributed by atoms with Crippen molar-refractivity contribution < 1.29 is 14.7 Å². The van der Waals surface area contributed by atoms with Crippen molar-refractivity contribution in [2.45, 2.75) is 19.9 Å². The van der Waals surface area contributed by atoms with Crippen LogP contribution in [0.15, 0.2) is 66.9 Å². The number of imidazole rings is 1. The first-order valence-electron chi connectivity index (χ1n) is 9.78. The summed E-state index contributed by atoms with van der Waals surface area (Å²) in [4.78, 5) is 33.1. The third kappa shape index (κ3) is 4.53. The number of phenols is 1. The Kier molecular flexibility index (Phi) is 5.61. The molecule has 8 nitrogen and oxygen atoms in total. The summed E-state index contributed by atoms with van der Waals surface area (Å²) in [5, 5.41) is 15.6. The lowest BCUT2D eigenvalue weighted by atomic mass is 10.1. The number of benzene rings is 2. The number of aromatic nitrogens is 3. The Morgan fingerprint density at radius 2 is 1.84 bits per heavy atom. The van der Waals surface area contributed by atoms with Gasteiger partial charge < -0.3 is 15.0 Å². The number of hydrogen-bond acceptors (Lipinski definition) is 5. The zero-order valence-electron chi connectivity index (χ0n) is 16.9. The molecule has 2 amide bonds. The normalized spacial score (nSPS) is 10.7. The molecule has 0 atom stereocenters. The van der Waals surface area contributed by atoms with E-state index in [4.69, 9.17) is 0 Å². The van der Waals surface area contributed by atoms with E-state index in [2.05, 4.69) is 20.6 Å². The smallest absolute Gasteiger partial charge is 0.261 e. The quantitative estimate of drug-likeness (QED) is 0.417. The van der Waals surface area contributed by atoms with E-state index in [1.165, 1.54) is 25.1 Å². The number of aryl methyl sites for hydroxylation is 2. The summed E-state index contributed by atoms with van der Waals surface area (Å²) in [7, 11) is 0. The maximum absolute atomic E-state index is 12.9. The Morgan fingerprint density at radius 1 is 1.03 bits per heavy atom. The molecule has 0 bridgehead atoms. The third-order valence-corrected chi connectivity index (χ3v) is 4.76. The Bertz CT molecular complexity index is 1250. The van der Waals surface area contributed by atoms with E-state index in [1.807, 2.05) is 47.0 Å². The highest BCUT2D eigenvalue weighted by Crippen LogP contribution is 2.25. The van der Waals surface area contributed by atoms with Crippen molar-refractivity contribution in [1.29, 1.82) is 0 Å². The lowest BCUT2D eigenvalue weighted by Crippen LogP contribution is -2.17. The summed E-state index contributed by atoms with van der Waals surface area (Å²) >= 11 is 0. The molecular weight excluding hydrogens is 394 g/mol. The molecule has 0 aliphatic rings. The number of amides is 2. The number of fused-ring (bicyclic) bond motifs is 1. The van der Waals surface area contributed by atoms with Crippen LogP contribution in [-0.4, -0.2) is 31.5 Å². The van der Waals surface area contributed by atoms with Gasteiger partial charge in [0.25, 0.3) is 5.91 Å². The van der Waals surface area contributed by atoms with Crippen LogP contribution in [0.4, 0.5) is 11.6 Å². The molecule has 0 aliphatic carbocycles. The molecule has 3 N–H and O–H groups in total. The zero-order chi connectivity index (χ0) is 21.8. The molecule has 0 unspecified atom stereocenters. The van der Waals surface area contributed by atoms with Gasteiger partial charge in [-0.15, -0.1) is 0 Å². The molecule has 8 heteroatoms. The first-order chi connectivity index (χ1) is 15.0. The summed E-state index contributed by atoms with van der Waals surface area (Å²) in [6.07, 6.45) is 2.40. The highest BCUT2D eigenvalue weighted by atomic mass is 16.3. The summed E-state index contributed by atoms with van der Waals surface area (Å²) in [6.45, 7) is 1.93. The third-order valence-electron chi connectivity index (χ3n) is 4.76. The van der Waals surface area contributed by atoms with Crippen molar-refractivity contribution in [1.82, 2.24) is 14.5 Å². The molecule has 0 radical (unpaired) electrons. The maximum atomic E-state index is 12.9. The molecule has 2 aromatic carbocycles.